The predicted octanol–water partition coefficient (Wildman–Crippen LogP) is 6.01. The highest BCUT2D eigenvalue weighted by Crippen LogP contribution is 2.31. The molecule has 160 valence electrons. The van der Waals surface area contributed by atoms with E-state index in [2.05, 4.69) is 12.2 Å². The molecule has 6 nitrogen and oxygen atoms in total. The fourth-order valence-corrected chi connectivity index (χ4v) is 4.34. The number of halogens is 1. The number of aryl methyl sites for hydroxylation is 1. The maximum absolute atomic E-state index is 12.9. The van der Waals surface area contributed by atoms with Crippen molar-refractivity contribution in [2.75, 3.05) is 5.32 Å². The second-order valence-electron chi connectivity index (χ2n) is 6.88. The largest absolute Gasteiger partial charge is 0.606 e. The molecule has 31 heavy (non-hydrogen) atoms. The molecule has 0 saturated heterocycles. The van der Waals surface area contributed by atoms with Crippen molar-refractivity contribution >= 4 is 40.1 Å². The molecule has 0 heterocycles. The fraction of sp³-hybridized carbons (Fsp3) is 0.174. The van der Waals surface area contributed by atoms with Gasteiger partial charge in [0, 0.05) is 39.6 Å². The van der Waals surface area contributed by atoms with E-state index in [-0.39, 0.29) is 16.1 Å². The van der Waals surface area contributed by atoms with Crippen LogP contribution in [0, 0.1) is 10.1 Å². The van der Waals surface area contributed by atoms with Crippen molar-refractivity contribution in [1.29, 1.82) is 0 Å². The van der Waals surface area contributed by atoms with Crippen LogP contribution in [0.5, 0.6) is 0 Å². The van der Waals surface area contributed by atoms with Crippen LogP contribution in [0.15, 0.2) is 76.5 Å². The number of nitrogens with zero attached hydrogens (tertiary/aromatic N) is 1. The lowest BCUT2D eigenvalue weighted by atomic mass is 10.1. The smallest absolute Gasteiger partial charge is 0.324 e. The van der Waals surface area contributed by atoms with Gasteiger partial charge in [-0.25, -0.2) is 0 Å². The molecule has 0 aromatic heterocycles. The maximum atomic E-state index is 12.9. The van der Waals surface area contributed by atoms with Gasteiger partial charge < -0.3 is 9.87 Å². The summed E-state index contributed by atoms with van der Waals surface area (Å²) >= 11 is 4.07. The molecule has 1 N–H and O–H groups in total. The van der Waals surface area contributed by atoms with Gasteiger partial charge >= 0.3 is 5.69 Å². The zero-order chi connectivity index (χ0) is 22.4. The summed E-state index contributed by atoms with van der Waals surface area (Å²) in [7, 11) is 0. The van der Waals surface area contributed by atoms with E-state index in [0.717, 1.165) is 30.9 Å². The van der Waals surface area contributed by atoms with Gasteiger partial charge in [-0.1, -0.05) is 43.1 Å². The van der Waals surface area contributed by atoms with Crippen molar-refractivity contribution in [3.05, 3.63) is 93.0 Å². The lowest BCUT2D eigenvalue weighted by Crippen LogP contribution is -2.14. The van der Waals surface area contributed by atoms with Crippen LogP contribution in [-0.4, -0.2) is 15.4 Å². The summed E-state index contributed by atoms with van der Waals surface area (Å²) in [6.45, 7) is 2.09. The van der Waals surface area contributed by atoms with Crippen LogP contribution in [0.2, 0.25) is 5.02 Å². The molecular weight excluding hydrogens is 436 g/mol. The average molecular weight is 457 g/mol. The number of amides is 1. The number of rotatable bonds is 8. The van der Waals surface area contributed by atoms with E-state index < -0.39 is 22.0 Å². The normalized spacial score (nSPS) is 11.7. The highest BCUT2D eigenvalue weighted by molar-refractivity contribution is 7.91. The number of carbonyl (C=O) groups is 1. The van der Waals surface area contributed by atoms with Crippen molar-refractivity contribution < 1.29 is 14.3 Å². The highest BCUT2D eigenvalue weighted by atomic mass is 35.5. The Morgan fingerprint density at radius 1 is 1.10 bits per heavy atom. The fourth-order valence-electron chi connectivity index (χ4n) is 3.07. The molecule has 3 aromatic carbocycles. The van der Waals surface area contributed by atoms with Crippen molar-refractivity contribution in [3.8, 4) is 0 Å². The minimum absolute atomic E-state index is 0.0206. The lowest BCUT2D eigenvalue weighted by molar-refractivity contribution is -0.387. The Morgan fingerprint density at radius 2 is 1.81 bits per heavy atom. The van der Waals surface area contributed by atoms with E-state index >= 15 is 0 Å². The minimum atomic E-state index is -1.79. The van der Waals surface area contributed by atoms with Crippen LogP contribution in [0.3, 0.4) is 0 Å². The van der Waals surface area contributed by atoms with Gasteiger partial charge in [0.15, 0.2) is 4.90 Å². The maximum Gasteiger partial charge on any atom is 0.324 e. The minimum Gasteiger partial charge on any atom is -0.606 e. The summed E-state index contributed by atoms with van der Waals surface area (Å²) in [5, 5.41) is 14.9. The Morgan fingerprint density at radius 3 is 2.48 bits per heavy atom. The molecule has 0 bridgehead atoms. The Kier molecular flexibility index (Phi) is 7.68. The monoisotopic (exact) mass is 456 g/mol. The molecule has 0 aliphatic heterocycles. The lowest BCUT2D eigenvalue weighted by Gasteiger charge is -2.13. The average Bonchev–Trinajstić information content (AvgIpc) is 2.78. The van der Waals surface area contributed by atoms with Crippen LogP contribution >= 0.6 is 11.6 Å². The van der Waals surface area contributed by atoms with Crippen molar-refractivity contribution in [2.45, 2.75) is 36.0 Å². The molecule has 1 amide bonds. The summed E-state index contributed by atoms with van der Waals surface area (Å²) in [6, 6.07) is 17.7. The van der Waals surface area contributed by atoms with Gasteiger partial charge in [0.25, 0.3) is 5.91 Å². The molecular formula is C23H21ClN2O4S. The molecule has 8 heteroatoms. The molecule has 1 unspecified atom stereocenters. The summed E-state index contributed by atoms with van der Waals surface area (Å²) in [4.78, 5) is 24.2. The molecule has 1 atom stereocenters. The number of hydrogen-bond donors (Lipinski definition) is 1. The SMILES string of the molecule is CCCCc1ccccc1NC(=O)c1ccc([S+]([O-])c2ccc(Cl)cc2)c([N+](=O)[O-])c1. The highest BCUT2D eigenvalue weighted by Gasteiger charge is 2.28. The number of benzene rings is 3. The van der Waals surface area contributed by atoms with E-state index in [9.17, 15) is 19.5 Å². The molecule has 0 aliphatic carbocycles. The molecule has 0 radical (unpaired) electrons. The van der Waals surface area contributed by atoms with E-state index in [0.29, 0.717) is 15.6 Å². The topological polar surface area (TPSA) is 95.3 Å². The first-order valence-electron chi connectivity index (χ1n) is 9.75. The first-order chi connectivity index (χ1) is 14.9. The Balaban J connectivity index is 1.88. The first-order valence-corrected chi connectivity index (χ1v) is 11.3. The van der Waals surface area contributed by atoms with Gasteiger partial charge in [-0.05, 0) is 54.8 Å². The van der Waals surface area contributed by atoms with Gasteiger partial charge in [0.1, 0.15) is 0 Å². The number of nitro benzene ring substituents is 1. The van der Waals surface area contributed by atoms with Crippen LogP contribution < -0.4 is 5.32 Å². The Bertz CT molecular complexity index is 1090. The van der Waals surface area contributed by atoms with Crippen molar-refractivity contribution in [3.63, 3.8) is 0 Å². The van der Waals surface area contributed by atoms with Crippen LogP contribution in [0.1, 0.15) is 35.7 Å². The quantitative estimate of drug-likeness (QED) is 0.255. The van der Waals surface area contributed by atoms with Crippen LogP contribution in [0.25, 0.3) is 0 Å². The summed E-state index contributed by atoms with van der Waals surface area (Å²) in [5.74, 6) is -0.462. The molecule has 3 aromatic rings. The first kappa shape index (κ1) is 22.8. The Hall–Kier alpha value is -2.87. The standard InChI is InChI=1S/C23H21ClN2O4S/c1-2-3-6-16-7-4-5-8-20(16)25-23(27)17-9-14-22(21(15-17)26(28)29)31(30)19-12-10-18(24)11-13-19/h4-5,7-15H,2-3,6H2,1H3,(H,25,27). The number of carbonyl (C=O) groups excluding carboxylic acids is 1. The van der Waals surface area contributed by atoms with E-state index in [1.54, 1.807) is 30.3 Å². The third kappa shape index (κ3) is 5.64. The zero-order valence-electron chi connectivity index (χ0n) is 16.8. The number of nitro groups is 1. The number of unbranched alkanes of at least 4 members (excludes halogenated alkanes) is 1. The van der Waals surface area contributed by atoms with Gasteiger partial charge in [0.2, 0.25) is 4.90 Å². The van der Waals surface area contributed by atoms with E-state index in [1.807, 2.05) is 18.2 Å². The summed E-state index contributed by atoms with van der Waals surface area (Å²) in [6.07, 6.45) is 2.84. The second-order valence-corrected chi connectivity index (χ2v) is 8.76. The van der Waals surface area contributed by atoms with E-state index in [4.69, 9.17) is 11.6 Å². The van der Waals surface area contributed by atoms with Crippen molar-refractivity contribution in [2.24, 2.45) is 0 Å². The molecule has 0 fully saturated rings. The van der Waals surface area contributed by atoms with Gasteiger partial charge in [-0.3, -0.25) is 14.9 Å². The summed E-state index contributed by atoms with van der Waals surface area (Å²) in [5.41, 5.74) is 1.43. The van der Waals surface area contributed by atoms with Crippen molar-refractivity contribution in [1.82, 2.24) is 0 Å². The number of para-hydroxylation sites is 1. The van der Waals surface area contributed by atoms with Crippen LogP contribution in [0.4, 0.5) is 11.4 Å². The second kappa shape index (κ2) is 10.4. The molecule has 0 aliphatic rings. The molecule has 3 rings (SSSR count). The molecule has 0 saturated carbocycles. The van der Waals surface area contributed by atoms with Gasteiger partial charge in [-0.15, -0.1) is 0 Å². The third-order valence-corrected chi connectivity index (χ3v) is 6.41. The van der Waals surface area contributed by atoms with E-state index in [1.165, 1.54) is 12.1 Å². The van der Waals surface area contributed by atoms with Crippen LogP contribution in [-0.2, 0) is 17.6 Å². The van der Waals surface area contributed by atoms with Gasteiger partial charge in [-0.2, -0.15) is 0 Å². The predicted molar refractivity (Wildman–Crippen MR) is 122 cm³/mol. The number of nitrogens with one attached hydrogen (secondary N) is 1. The zero-order valence-corrected chi connectivity index (χ0v) is 18.4. The summed E-state index contributed by atoms with van der Waals surface area (Å²) < 4.78 is 12.9. The molecule has 0 spiro atoms. The van der Waals surface area contributed by atoms with Gasteiger partial charge in [0.05, 0.1) is 4.92 Å². The number of hydrogen-bond acceptors (Lipinski definition) is 4. The Labute approximate surface area is 188 Å². The number of anilines is 1. The third-order valence-electron chi connectivity index (χ3n) is 4.71.